The van der Waals surface area contributed by atoms with E-state index in [2.05, 4.69) is 30.6 Å². The van der Waals surface area contributed by atoms with Crippen molar-refractivity contribution in [1.82, 2.24) is 14.7 Å². The van der Waals surface area contributed by atoms with E-state index in [0.29, 0.717) is 6.54 Å². The number of methoxy groups -OCH3 is 1. The minimum atomic E-state index is -0.00765. The number of aromatic nitrogens is 2. The Morgan fingerprint density at radius 3 is 2.83 bits per heavy atom. The maximum atomic E-state index is 11.8. The van der Waals surface area contributed by atoms with Crippen molar-refractivity contribution in [2.24, 2.45) is 0 Å². The lowest BCUT2D eigenvalue weighted by molar-refractivity contribution is -0.136. The van der Waals surface area contributed by atoms with E-state index in [1.54, 1.807) is 7.11 Å². The van der Waals surface area contributed by atoms with E-state index in [4.69, 9.17) is 4.74 Å². The van der Waals surface area contributed by atoms with E-state index >= 15 is 0 Å². The molecule has 1 aliphatic heterocycles. The van der Waals surface area contributed by atoms with Gasteiger partial charge in [0.1, 0.15) is 6.61 Å². The Kier molecular flexibility index (Phi) is 3.43. The Morgan fingerprint density at radius 1 is 1.50 bits per heavy atom. The minimum Gasteiger partial charge on any atom is -0.375 e. The van der Waals surface area contributed by atoms with Gasteiger partial charge in [-0.1, -0.05) is 0 Å². The van der Waals surface area contributed by atoms with Gasteiger partial charge in [-0.3, -0.25) is 9.48 Å². The molecule has 0 spiro atoms. The first kappa shape index (κ1) is 13.1. The lowest BCUT2D eigenvalue weighted by atomic mass is 10.0. The normalized spacial score (nSPS) is 15.7. The lowest BCUT2D eigenvalue weighted by Gasteiger charge is -2.30. The summed E-state index contributed by atoms with van der Waals surface area (Å²) in [5.74, 6) is 0.0478. The van der Waals surface area contributed by atoms with E-state index in [1.807, 2.05) is 11.1 Å². The monoisotopic (exact) mass is 251 g/mol. The molecule has 100 valence electrons. The SMILES string of the molecule is COCC(=O)N1CCc2c(cnn2C(C)(C)C)C1. The molecule has 1 aromatic heterocycles. The molecule has 0 saturated carbocycles. The van der Waals surface area contributed by atoms with Crippen molar-refractivity contribution in [3.05, 3.63) is 17.5 Å². The third kappa shape index (κ3) is 2.41. The highest BCUT2D eigenvalue weighted by Gasteiger charge is 2.27. The van der Waals surface area contributed by atoms with Gasteiger partial charge in [0.25, 0.3) is 0 Å². The predicted molar refractivity (Wildman–Crippen MR) is 68.2 cm³/mol. The summed E-state index contributed by atoms with van der Waals surface area (Å²) in [6, 6.07) is 0. The highest BCUT2D eigenvalue weighted by atomic mass is 16.5. The molecular weight excluding hydrogens is 230 g/mol. The van der Waals surface area contributed by atoms with Crippen LogP contribution in [0.2, 0.25) is 0 Å². The molecule has 0 atom stereocenters. The standard InChI is InChI=1S/C13H21N3O2/c1-13(2,3)16-11-5-6-15(12(17)9-18-4)8-10(11)7-14-16/h7H,5-6,8-9H2,1-4H3. The molecule has 18 heavy (non-hydrogen) atoms. The van der Waals surface area contributed by atoms with Crippen molar-refractivity contribution in [3.8, 4) is 0 Å². The van der Waals surface area contributed by atoms with Crippen molar-refractivity contribution in [1.29, 1.82) is 0 Å². The maximum absolute atomic E-state index is 11.8. The molecular formula is C13H21N3O2. The molecule has 5 heteroatoms. The molecule has 0 aromatic carbocycles. The highest BCUT2D eigenvalue weighted by Crippen LogP contribution is 2.24. The fourth-order valence-corrected chi connectivity index (χ4v) is 2.34. The van der Waals surface area contributed by atoms with Crippen molar-refractivity contribution in [3.63, 3.8) is 0 Å². The van der Waals surface area contributed by atoms with Gasteiger partial charge >= 0.3 is 0 Å². The van der Waals surface area contributed by atoms with Gasteiger partial charge in [0, 0.05) is 37.9 Å². The largest absolute Gasteiger partial charge is 0.375 e. The summed E-state index contributed by atoms with van der Waals surface area (Å²) in [6.07, 6.45) is 2.74. The van der Waals surface area contributed by atoms with Crippen molar-refractivity contribution in [2.45, 2.75) is 39.3 Å². The van der Waals surface area contributed by atoms with Crippen LogP contribution in [0, 0.1) is 0 Å². The van der Waals surface area contributed by atoms with Crippen LogP contribution in [0.4, 0.5) is 0 Å². The van der Waals surface area contributed by atoms with Crippen LogP contribution in [0.5, 0.6) is 0 Å². The van der Waals surface area contributed by atoms with Gasteiger partial charge in [0.15, 0.2) is 0 Å². The Labute approximate surface area is 108 Å². The number of nitrogens with zero attached hydrogens (tertiary/aromatic N) is 3. The zero-order valence-corrected chi connectivity index (χ0v) is 11.6. The molecule has 1 aromatic rings. The lowest BCUT2D eigenvalue weighted by Crippen LogP contribution is -2.39. The van der Waals surface area contributed by atoms with Crippen molar-refractivity contribution >= 4 is 5.91 Å². The van der Waals surface area contributed by atoms with E-state index in [1.165, 1.54) is 5.69 Å². The Hall–Kier alpha value is -1.36. The molecule has 0 bridgehead atoms. The second-order valence-electron chi connectivity index (χ2n) is 5.70. The van der Waals surface area contributed by atoms with Crippen LogP contribution in [0.15, 0.2) is 6.20 Å². The molecule has 0 aliphatic carbocycles. The van der Waals surface area contributed by atoms with E-state index in [0.717, 1.165) is 18.5 Å². The first-order valence-corrected chi connectivity index (χ1v) is 6.26. The number of amides is 1. The topological polar surface area (TPSA) is 47.4 Å². The molecule has 0 fully saturated rings. The molecule has 2 heterocycles. The molecule has 1 aliphatic rings. The van der Waals surface area contributed by atoms with Gasteiger partial charge in [0.05, 0.1) is 11.7 Å². The van der Waals surface area contributed by atoms with E-state index in [9.17, 15) is 4.79 Å². The van der Waals surface area contributed by atoms with Crippen LogP contribution < -0.4 is 0 Å². The van der Waals surface area contributed by atoms with Crippen LogP contribution in [0.3, 0.4) is 0 Å². The second-order valence-corrected chi connectivity index (χ2v) is 5.70. The van der Waals surface area contributed by atoms with Gasteiger partial charge in [-0.25, -0.2) is 0 Å². The molecule has 5 nitrogen and oxygen atoms in total. The Bertz CT molecular complexity index is 446. The predicted octanol–water partition coefficient (Wildman–Crippen LogP) is 1.17. The summed E-state index contributed by atoms with van der Waals surface area (Å²) >= 11 is 0. The van der Waals surface area contributed by atoms with Gasteiger partial charge in [-0.15, -0.1) is 0 Å². The number of carbonyl (C=O) groups is 1. The number of hydrogen-bond acceptors (Lipinski definition) is 3. The summed E-state index contributed by atoms with van der Waals surface area (Å²) in [6.45, 7) is 7.97. The fraction of sp³-hybridized carbons (Fsp3) is 0.692. The third-order valence-electron chi connectivity index (χ3n) is 3.19. The minimum absolute atomic E-state index is 0.00765. The van der Waals surface area contributed by atoms with Crippen molar-refractivity contribution < 1.29 is 9.53 Å². The summed E-state index contributed by atoms with van der Waals surface area (Å²) in [7, 11) is 1.55. The van der Waals surface area contributed by atoms with Crippen molar-refractivity contribution in [2.75, 3.05) is 20.3 Å². The van der Waals surface area contributed by atoms with Crippen LogP contribution in [0.25, 0.3) is 0 Å². The quantitative estimate of drug-likeness (QED) is 0.792. The van der Waals surface area contributed by atoms with E-state index < -0.39 is 0 Å². The summed E-state index contributed by atoms with van der Waals surface area (Å²) in [4.78, 5) is 13.6. The van der Waals surface area contributed by atoms with Gasteiger partial charge in [-0.05, 0) is 20.8 Å². The summed E-state index contributed by atoms with van der Waals surface area (Å²) < 4.78 is 6.96. The number of carbonyl (C=O) groups excluding carboxylic acids is 1. The number of ether oxygens (including phenoxy) is 1. The van der Waals surface area contributed by atoms with Gasteiger partial charge in [0.2, 0.25) is 5.91 Å². The molecule has 0 N–H and O–H groups in total. The van der Waals surface area contributed by atoms with Gasteiger partial charge < -0.3 is 9.64 Å². The Balaban J connectivity index is 2.17. The Morgan fingerprint density at radius 2 is 2.22 bits per heavy atom. The summed E-state index contributed by atoms with van der Waals surface area (Å²) in [5.41, 5.74) is 2.40. The smallest absolute Gasteiger partial charge is 0.248 e. The molecule has 0 saturated heterocycles. The van der Waals surface area contributed by atoms with E-state index in [-0.39, 0.29) is 18.1 Å². The highest BCUT2D eigenvalue weighted by molar-refractivity contribution is 5.77. The average Bonchev–Trinajstić information content (AvgIpc) is 2.71. The first-order chi connectivity index (χ1) is 8.43. The van der Waals surface area contributed by atoms with Crippen LogP contribution in [0.1, 0.15) is 32.0 Å². The number of hydrogen-bond donors (Lipinski definition) is 0. The second kappa shape index (κ2) is 4.72. The summed E-state index contributed by atoms with van der Waals surface area (Å²) in [5, 5.41) is 4.46. The molecule has 0 radical (unpaired) electrons. The van der Waals surface area contributed by atoms with Gasteiger partial charge in [-0.2, -0.15) is 5.10 Å². The number of rotatable bonds is 2. The zero-order valence-electron chi connectivity index (χ0n) is 11.6. The average molecular weight is 251 g/mol. The molecule has 0 unspecified atom stereocenters. The maximum Gasteiger partial charge on any atom is 0.248 e. The molecule has 1 amide bonds. The van der Waals surface area contributed by atoms with Crippen LogP contribution in [-0.2, 0) is 28.0 Å². The van der Waals surface area contributed by atoms with Crippen LogP contribution in [-0.4, -0.2) is 40.8 Å². The fourth-order valence-electron chi connectivity index (χ4n) is 2.34. The first-order valence-electron chi connectivity index (χ1n) is 6.26. The number of fused-ring (bicyclic) bond motifs is 1. The molecule has 2 rings (SSSR count). The third-order valence-corrected chi connectivity index (χ3v) is 3.19. The zero-order chi connectivity index (χ0) is 13.3. The van der Waals surface area contributed by atoms with Crippen LogP contribution >= 0.6 is 0 Å².